The van der Waals surface area contributed by atoms with Crippen LogP contribution in [0.25, 0.3) is 0 Å². The Kier molecular flexibility index (Phi) is 10.0. The predicted octanol–water partition coefficient (Wildman–Crippen LogP) is 6.80. The van der Waals surface area contributed by atoms with Gasteiger partial charge in [-0.05, 0) is 83.5 Å². The van der Waals surface area contributed by atoms with Gasteiger partial charge in [0.1, 0.15) is 17.2 Å². The molecule has 0 saturated carbocycles. The van der Waals surface area contributed by atoms with Crippen molar-refractivity contribution in [2.45, 2.75) is 77.6 Å². The third-order valence-corrected chi connectivity index (χ3v) is 5.48. The lowest BCUT2D eigenvalue weighted by molar-refractivity contribution is -0.157. The summed E-state index contributed by atoms with van der Waals surface area (Å²) in [7, 11) is 3.29. The van der Waals surface area contributed by atoms with Gasteiger partial charge in [-0.2, -0.15) is 26.3 Å². The maximum Gasteiger partial charge on any atom is 0.416 e. The molecule has 0 bridgehead atoms. The molecule has 0 aliphatic rings. The Balaban J connectivity index is 2.61. The van der Waals surface area contributed by atoms with E-state index in [0.717, 1.165) is 0 Å². The van der Waals surface area contributed by atoms with Crippen molar-refractivity contribution in [1.29, 1.82) is 0 Å². The molecular weight excluding hydrogens is 570 g/mol. The van der Waals surface area contributed by atoms with Gasteiger partial charge in [0.25, 0.3) is 0 Å². The molecule has 0 heterocycles. The standard InChI is InChI=1S/C29H34F6N2O5/c1-26(2,3)41-24(39)21(36-25(40)42-27(4,5)6)14-17-11-16(9-10-22(17)37(7)8)23(38)18-12-19(28(30,31)32)15-20(13-18)29(33,34)35/h9-13,15,21H,14H2,1-8H3,(H,36,40). The fourth-order valence-corrected chi connectivity index (χ4v) is 3.82. The number of ether oxygens (including phenoxy) is 2. The molecule has 1 N–H and O–H groups in total. The molecular formula is C29H34F6N2O5. The van der Waals surface area contributed by atoms with Crippen LogP contribution in [0.3, 0.4) is 0 Å². The number of ketones is 1. The average Bonchev–Trinajstić information content (AvgIpc) is 2.79. The Morgan fingerprint density at radius 3 is 1.69 bits per heavy atom. The van der Waals surface area contributed by atoms with E-state index >= 15 is 0 Å². The van der Waals surface area contributed by atoms with E-state index in [9.17, 15) is 40.7 Å². The normalized spacial score (nSPS) is 13.3. The summed E-state index contributed by atoms with van der Waals surface area (Å²) in [6.45, 7) is 9.70. The minimum Gasteiger partial charge on any atom is -0.458 e. The first kappa shape index (κ1) is 34.4. The summed E-state index contributed by atoms with van der Waals surface area (Å²) in [5.74, 6) is -1.94. The number of hydrogen-bond acceptors (Lipinski definition) is 6. The van der Waals surface area contributed by atoms with Crippen LogP contribution in [0.4, 0.5) is 36.8 Å². The molecule has 1 amide bonds. The fourth-order valence-electron chi connectivity index (χ4n) is 3.82. The van der Waals surface area contributed by atoms with Crippen LogP contribution >= 0.6 is 0 Å². The van der Waals surface area contributed by atoms with Crippen LogP contribution in [0.15, 0.2) is 36.4 Å². The third-order valence-electron chi connectivity index (χ3n) is 5.48. The maximum atomic E-state index is 13.4. The summed E-state index contributed by atoms with van der Waals surface area (Å²) in [6.07, 6.45) is -11.5. The summed E-state index contributed by atoms with van der Waals surface area (Å²) in [5, 5.41) is 2.45. The molecule has 0 spiro atoms. The molecule has 1 unspecified atom stereocenters. The van der Waals surface area contributed by atoms with Crippen molar-refractivity contribution in [3.05, 3.63) is 64.2 Å². The van der Waals surface area contributed by atoms with Crippen molar-refractivity contribution < 1.29 is 50.2 Å². The molecule has 13 heteroatoms. The van der Waals surface area contributed by atoms with Crippen LogP contribution in [-0.2, 0) is 33.0 Å². The van der Waals surface area contributed by atoms with Gasteiger partial charge < -0.3 is 19.7 Å². The number of anilines is 1. The Bertz CT molecular complexity index is 1290. The first-order chi connectivity index (χ1) is 18.9. The van der Waals surface area contributed by atoms with Crippen LogP contribution < -0.4 is 10.2 Å². The van der Waals surface area contributed by atoms with E-state index in [-0.39, 0.29) is 23.6 Å². The molecule has 232 valence electrons. The molecule has 2 aromatic carbocycles. The summed E-state index contributed by atoms with van der Waals surface area (Å²) in [6, 6.07) is 3.24. The highest BCUT2D eigenvalue weighted by Crippen LogP contribution is 2.37. The van der Waals surface area contributed by atoms with Crippen molar-refractivity contribution in [3.8, 4) is 0 Å². The van der Waals surface area contributed by atoms with E-state index in [1.54, 1.807) is 60.5 Å². The maximum absolute atomic E-state index is 13.4. The number of benzene rings is 2. The van der Waals surface area contributed by atoms with Crippen LogP contribution in [0, 0.1) is 0 Å². The lowest BCUT2D eigenvalue weighted by Gasteiger charge is -2.27. The number of nitrogens with zero attached hydrogens (tertiary/aromatic N) is 1. The average molecular weight is 605 g/mol. The predicted molar refractivity (Wildman–Crippen MR) is 143 cm³/mol. The van der Waals surface area contributed by atoms with Gasteiger partial charge >= 0.3 is 24.4 Å². The van der Waals surface area contributed by atoms with E-state index in [2.05, 4.69) is 5.32 Å². The second kappa shape index (κ2) is 12.2. The first-order valence-corrected chi connectivity index (χ1v) is 12.7. The summed E-state index contributed by atoms with van der Waals surface area (Å²) in [5.41, 5.74) is -5.40. The quantitative estimate of drug-likeness (QED) is 0.213. The van der Waals surface area contributed by atoms with Gasteiger partial charge in [0.2, 0.25) is 0 Å². The minimum atomic E-state index is -5.13. The van der Waals surface area contributed by atoms with Gasteiger partial charge in [0, 0.05) is 37.3 Å². The molecule has 0 saturated heterocycles. The second-order valence-corrected chi connectivity index (χ2v) is 11.8. The summed E-state index contributed by atoms with van der Waals surface area (Å²) in [4.78, 5) is 40.5. The molecule has 0 aliphatic carbocycles. The van der Waals surface area contributed by atoms with E-state index in [4.69, 9.17) is 9.47 Å². The number of nitrogens with one attached hydrogen (secondary N) is 1. The van der Waals surface area contributed by atoms with Crippen LogP contribution in [0.2, 0.25) is 0 Å². The second-order valence-electron chi connectivity index (χ2n) is 11.8. The smallest absolute Gasteiger partial charge is 0.416 e. The largest absolute Gasteiger partial charge is 0.458 e. The molecule has 2 aromatic rings. The van der Waals surface area contributed by atoms with Gasteiger partial charge in [-0.25, -0.2) is 9.59 Å². The Morgan fingerprint density at radius 2 is 1.26 bits per heavy atom. The Morgan fingerprint density at radius 1 is 0.762 bits per heavy atom. The zero-order valence-electron chi connectivity index (χ0n) is 24.5. The summed E-state index contributed by atoms with van der Waals surface area (Å²) >= 11 is 0. The van der Waals surface area contributed by atoms with Crippen LogP contribution in [0.1, 0.15) is 74.2 Å². The molecule has 2 rings (SSSR count). The van der Waals surface area contributed by atoms with E-state index in [1.807, 2.05) is 0 Å². The topological polar surface area (TPSA) is 84.9 Å². The number of esters is 1. The lowest BCUT2D eigenvalue weighted by Crippen LogP contribution is -2.47. The van der Waals surface area contributed by atoms with Gasteiger partial charge in [-0.1, -0.05) is 0 Å². The number of hydrogen-bond donors (Lipinski definition) is 1. The molecule has 0 aromatic heterocycles. The van der Waals surface area contributed by atoms with Crippen LogP contribution in [0.5, 0.6) is 0 Å². The molecule has 0 fully saturated rings. The van der Waals surface area contributed by atoms with Gasteiger partial charge in [0.15, 0.2) is 5.78 Å². The number of halogens is 6. The Hall–Kier alpha value is -3.77. The van der Waals surface area contributed by atoms with Crippen molar-refractivity contribution >= 4 is 23.5 Å². The van der Waals surface area contributed by atoms with E-state index < -0.39 is 64.1 Å². The fraction of sp³-hybridized carbons (Fsp3) is 0.483. The van der Waals surface area contributed by atoms with Gasteiger partial charge in [0.05, 0.1) is 11.1 Å². The van der Waals surface area contributed by atoms with Gasteiger partial charge in [-0.15, -0.1) is 0 Å². The minimum absolute atomic E-state index is 0.0644. The molecule has 1 atom stereocenters. The van der Waals surface area contributed by atoms with Crippen LogP contribution in [-0.4, -0.2) is 49.2 Å². The number of amides is 1. The monoisotopic (exact) mass is 604 g/mol. The third kappa shape index (κ3) is 9.95. The number of carbonyl (C=O) groups is 3. The van der Waals surface area contributed by atoms with Crippen molar-refractivity contribution in [2.75, 3.05) is 19.0 Å². The zero-order valence-corrected chi connectivity index (χ0v) is 24.5. The highest BCUT2D eigenvalue weighted by atomic mass is 19.4. The molecule has 0 aliphatic heterocycles. The Labute approximate surface area is 240 Å². The number of carbonyl (C=O) groups excluding carboxylic acids is 3. The summed E-state index contributed by atoms with van der Waals surface area (Å²) < 4.78 is 91.0. The SMILES string of the molecule is CN(C)c1ccc(C(=O)c2cc(C(F)(F)F)cc(C(F)(F)F)c2)cc1CC(NC(=O)OC(C)(C)C)C(=O)OC(C)(C)C. The number of rotatable bonds is 7. The number of alkyl carbamates (subject to hydrolysis) is 1. The van der Waals surface area contributed by atoms with E-state index in [0.29, 0.717) is 17.8 Å². The van der Waals surface area contributed by atoms with Crippen molar-refractivity contribution in [1.82, 2.24) is 5.32 Å². The van der Waals surface area contributed by atoms with Crippen molar-refractivity contribution in [3.63, 3.8) is 0 Å². The van der Waals surface area contributed by atoms with Crippen molar-refractivity contribution in [2.24, 2.45) is 0 Å². The highest BCUT2D eigenvalue weighted by Gasteiger charge is 2.38. The molecule has 7 nitrogen and oxygen atoms in total. The first-order valence-electron chi connectivity index (χ1n) is 12.7. The van der Waals surface area contributed by atoms with E-state index in [1.165, 1.54) is 18.2 Å². The zero-order chi connectivity index (χ0) is 32.4. The molecule has 42 heavy (non-hydrogen) atoms. The molecule has 0 radical (unpaired) electrons. The number of alkyl halides is 6. The highest BCUT2D eigenvalue weighted by molar-refractivity contribution is 6.09. The lowest BCUT2D eigenvalue weighted by atomic mass is 9.94. The van der Waals surface area contributed by atoms with Gasteiger partial charge in [-0.3, -0.25) is 4.79 Å².